The molecule has 0 heterocycles. The molecule has 23 heavy (non-hydrogen) atoms. The number of Topliss-reactive ketones (excluding diaryl/α,β-unsaturated/α-hetero) is 2. The van der Waals surface area contributed by atoms with Crippen molar-refractivity contribution < 1.29 is 24.2 Å². The molecule has 9 nitrogen and oxygen atoms in total. The standard InChI is InChI=1S/C14H8N2O7/c1-23-6-2-3-7-8(4-6)13(17)12-11(7)9(15(19)20)5-10(14(12)18)16(21)22/h2-5,12H,1H3. The molecule has 1 unspecified atom stereocenters. The van der Waals surface area contributed by atoms with Gasteiger partial charge in [-0.1, -0.05) is 0 Å². The van der Waals surface area contributed by atoms with Crippen molar-refractivity contribution in [3.8, 4) is 5.75 Å². The predicted octanol–water partition coefficient (Wildman–Crippen LogP) is 1.24. The van der Waals surface area contributed by atoms with E-state index in [9.17, 15) is 29.8 Å². The highest BCUT2D eigenvalue weighted by molar-refractivity contribution is 6.29. The number of ketones is 2. The Balaban J connectivity index is 2.33. The maximum Gasteiger partial charge on any atom is 0.320 e. The summed E-state index contributed by atoms with van der Waals surface area (Å²) in [6, 6.07) is 4.29. The molecule has 0 bridgehead atoms. The molecule has 0 amide bonds. The number of benzene rings is 1. The summed E-state index contributed by atoms with van der Waals surface area (Å²) in [6.07, 6.45) is 0.612. The zero-order valence-electron chi connectivity index (χ0n) is 11.6. The lowest BCUT2D eigenvalue weighted by atomic mass is 9.87. The van der Waals surface area contributed by atoms with Gasteiger partial charge in [-0.15, -0.1) is 0 Å². The first kappa shape index (κ1) is 14.6. The predicted molar refractivity (Wildman–Crippen MR) is 74.8 cm³/mol. The quantitative estimate of drug-likeness (QED) is 0.466. The van der Waals surface area contributed by atoms with Crippen LogP contribution in [0.5, 0.6) is 5.75 Å². The third kappa shape index (κ3) is 1.94. The van der Waals surface area contributed by atoms with E-state index in [0.29, 0.717) is 11.8 Å². The second-order valence-corrected chi connectivity index (χ2v) is 4.92. The first-order valence-electron chi connectivity index (χ1n) is 6.38. The molecule has 1 atom stereocenters. The molecule has 2 aliphatic rings. The van der Waals surface area contributed by atoms with Crippen LogP contribution in [0.3, 0.4) is 0 Å². The van der Waals surface area contributed by atoms with Crippen LogP contribution in [0.2, 0.25) is 0 Å². The Morgan fingerprint density at radius 2 is 1.74 bits per heavy atom. The maximum absolute atomic E-state index is 12.5. The van der Waals surface area contributed by atoms with Gasteiger partial charge in [0.05, 0.1) is 28.6 Å². The van der Waals surface area contributed by atoms with Gasteiger partial charge in [0.15, 0.2) is 5.78 Å². The van der Waals surface area contributed by atoms with E-state index in [0.717, 1.165) is 0 Å². The second kappa shape index (κ2) is 4.83. The monoisotopic (exact) mass is 316 g/mol. The lowest BCUT2D eigenvalue weighted by molar-refractivity contribution is -0.431. The van der Waals surface area contributed by atoms with Gasteiger partial charge in [0, 0.05) is 5.56 Å². The fourth-order valence-electron chi connectivity index (χ4n) is 2.79. The average Bonchev–Trinajstić information content (AvgIpc) is 2.80. The molecule has 0 radical (unpaired) electrons. The number of hydrogen-bond acceptors (Lipinski definition) is 7. The Morgan fingerprint density at radius 3 is 2.30 bits per heavy atom. The highest BCUT2D eigenvalue weighted by atomic mass is 16.6. The first-order valence-corrected chi connectivity index (χ1v) is 6.38. The van der Waals surface area contributed by atoms with Crippen molar-refractivity contribution in [1.82, 2.24) is 0 Å². The van der Waals surface area contributed by atoms with Gasteiger partial charge in [-0.25, -0.2) is 0 Å². The fraction of sp³-hybridized carbons (Fsp3) is 0.143. The summed E-state index contributed by atoms with van der Waals surface area (Å²) in [5, 5.41) is 22.2. The van der Waals surface area contributed by atoms with Crippen LogP contribution < -0.4 is 4.74 Å². The largest absolute Gasteiger partial charge is 0.497 e. The maximum atomic E-state index is 12.5. The van der Waals surface area contributed by atoms with Gasteiger partial charge in [-0.3, -0.25) is 29.8 Å². The molecule has 0 saturated heterocycles. The van der Waals surface area contributed by atoms with E-state index in [4.69, 9.17) is 4.74 Å². The molecule has 1 aromatic rings. The van der Waals surface area contributed by atoms with E-state index in [-0.39, 0.29) is 16.7 Å². The van der Waals surface area contributed by atoms with E-state index in [1.807, 2.05) is 0 Å². The zero-order valence-corrected chi connectivity index (χ0v) is 11.6. The molecule has 9 heteroatoms. The average molecular weight is 316 g/mol. The lowest BCUT2D eigenvalue weighted by Gasteiger charge is -2.12. The Morgan fingerprint density at radius 1 is 1.04 bits per heavy atom. The molecule has 0 aliphatic heterocycles. The number of carbonyl (C=O) groups excluding carboxylic acids is 2. The van der Waals surface area contributed by atoms with Crippen molar-refractivity contribution in [1.29, 1.82) is 0 Å². The number of carbonyl (C=O) groups is 2. The van der Waals surface area contributed by atoms with Crippen LogP contribution in [-0.2, 0) is 4.79 Å². The number of allylic oxidation sites excluding steroid dienone is 3. The lowest BCUT2D eigenvalue weighted by Crippen LogP contribution is -2.29. The third-order valence-corrected chi connectivity index (χ3v) is 3.79. The minimum atomic E-state index is -1.55. The van der Waals surface area contributed by atoms with Gasteiger partial charge in [0.1, 0.15) is 11.7 Å². The fourth-order valence-corrected chi connectivity index (χ4v) is 2.79. The van der Waals surface area contributed by atoms with Crippen LogP contribution in [0.1, 0.15) is 15.9 Å². The third-order valence-electron chi connectivity index (χ3n) is 3.79. The van der Waals surface area contributed by atoms with Crippen LogP contribution in [-0.4, -0.2) is 28.5 Å². The smallest absolute Gasteiger partial charge is 0.320 e. The minimum absolute atomic E-state index is 0.0787. The van der Waals surface area contributed by atoms with Gasteiger partial charge in [0.2, 0.25) is 5.78 Å². The first-order chi connectivity index (χ1) is 10.9. The van der Waals surface area contributed by atoms with E-state index >= 15 is 0 Å². The van der Waals surface area contributed by atoms with Gasteiger partial charge in [-0.05, 0) is 23.8 Å². The van der Waals surface area contributed by atoms with Crippen LogP contribution in [0.25, 0.3) is 5.57 Å². The summed E-state index contributed by atoms with van der Waals surface area (Å²) in [4.78, 5) is 45.0. The van der Waals surface area contributed by atoms with Crippen LogP contribution >= 0.6 is 0 Å². The molecule has 0 spiro atoms. The molecule has 0 fully saturated rings. The Kier molecular flexibility index (Phi) is 3.06. The Hall–Kier alpha value is -3.36. The Labute approximate surface area is 128 Å². The SMILES string of the molecule is COc1ccc2c(c1)C(=O)C1C(=O)C([N+](=O)[O-])=CC([N+](=O)[O-])=C21. The molecule has 2 aliphatic carbocycles. The van der Waals surface area contributed by atoms with Crippen molar-refractivity contribution in [3.05, 3.63) is 67.0 Å². The van der Waals surface area contributed by atoms with E-state index in [2.05, 4.69) is 0 Å². The summed E-state index contributed by atoms with van der Waals surface area (Å²) < 4.78 is 4.99. The zero-order chi connectivity index (χ0) is 16.9. The van der Waals surface area contributed by atoms with Crippen molar-refractivity contribution in [3.63, 3.8) is 0 Å². The van der Waals surface area contributed by atoms with E-state index in [1.54, 1.807) is 0 Å². The highest BCUT2D eigenvalue weighted by Gasteiger charge is 2.51. The number of fused-ring (bicyclic) bond motifs is 3. The van der Waals surface area contributed by atoms with E-state index < -0.39 is 38.7 Å². The van der Waals surface area contributed by atoms with Crippen molar-refractivity contribution in [2.24, 2.45) is 5.92 Å². The molecule has 0 saturated carbocycles. The highest BCUT2D eigenvalue weighted by Crippen LogP contribution is 2.44. The van der Waals surface area contributed by atoms with Gasteiger partial charge in [0.25, 0.3) is 5.70 Å². The topological polar surface area (TPSA) is 130 Å². The van der Waals surface area contributed by atoms with Gasteiger partial charge < -0.3 is 4.74 Å². The Bertz CT molecular complexity index is 866. The molecule has 0 N–H and O–H groups in total. The summed E-state index contributed by atoms with van der Waals surface area (Å²) in [7, 11) is 1.38. The minimum Gasteiger partial charge on any atom is -0.497 e. The van der Waals surface area contributed by atoms with Crippen molar-refractivity contribution >= 4 is 17.1 Å². The number of nitrogens with zero attached hydrogens (tertiary/aromatic N) is 2. The summed E-state index contributed by atoms with van der Waals surface area (Å²) in [5.74, 6) is -2.96. The van der Waals surface area contributed by atoms with E-state index in [1.165, 1.54) is 25.3 Å². The van der Waals surface area contributed by atoms with Crippen LogP contribution in [0.4, 0.5) is 0 Å². The van der Waals surface area contributed by atoms with Crippen molar-refractivity contribution in [2.75, 3.05) is 7.11 Å². The van der Waals surface area contributed by atoms with Crippen LogP contribution in [0.15, 0.2) is 35.7 Å². The molecular weight excluding hydrogens is 308 g/mol. The molecular formula is C14H8N2O7. The summed E-state index contributed by atoms with van der Waals surface area (Å²) in [6.45, 7) is 0. The number of ether oxygens (including phenoxy) is 1. The number of rotatable bonds is 3. The van der Waals surface area contributed by atoms with Crippen LogP contribution in [0, 0.1) is 26.1 Å². The summed E-state index contributed by atoms with van der Waals surface area (Å²) >= 11 is 0. The summed E-state index contributed by atoms with van der Waals surface area (Å²) in [5.41, 5.74) is -1.38. The molecule has 0 aromatic heterocycles. The normalized spacial score (nSPS) is 19.2. The molecule has 1 aromatic carbocycles. The second-order valence-electron chi connectivity index (χ2n) is 4.92. The van der Waals surface area contributed by atoms with Gasteiger partial charge in [-0.2, -0.15) is 0 Å². The molecule has 116 valence electrons. The number of nitro groups is 2. The number of methoxy groups -OCH3 is 1. The van der Waals surface area contributed by atoms with Crippen molar-refractivity contribution in [2.45, 2.75) is 0 Å². The van der Waals surface area contributed by atoms with Gasteiger partial charge >= 0.3 is 5.70 Å². The molecule has 3 rings (SSSR count). The number of hydrogen-bond donors (Lipinski definition) is 0.